The van der Waals surface area contributed by atoms with Gasteiger partial charge < -0.3 is 23.2 Å². The molecule has 9 nitrogen and oxygen atoms in total. The fraction of sp³-hybridized carbons (Fsp3) is 0.280. The van der Waals surface area contributed by atoms with E-state index in [1.54, 1.807) is 16.7 Å². The van der Waals surface area contributed by atoms with Gasteiger partial charge in [0.2, 0.25) is 11.7 Å². The minimum absolute atomic E-state index is 0.0562. The van der Waals surface area contributed by atoms with Gasteiger partial charge in [-0.3, -0.25) is 0 Å². The van der Waals surface area contributed by atoms with Gasteiger partial charge >= 0.3 is 6.09 Å². The molecule has 0 N–H and O–H groups in total. The van der Waals surface area contributed by atoms with E-state index in [9.17, 15) is 4.79 Å². The summed E-state index contributed by atoms with van der Waals surface area (Å²) in [7, 11) is 1.31. The van der Waals surface area contributed by atoms with Crippen molar-refractivity contribution in [2.45, 2.75) is 19.4 Å². The summed E-state index contributed by atoms with van der Waals surface area (Å²) in [5.74, 6) is -1.85. The molecule has 4 aromatic rings. The van der Waals surface area contributed by atoms with Gasteiger partial charge in [0.1, 0.15) is 23.4 Å². The number of carbonyl (C=O) groups is 1. The fourth-order valence-electron chi connectivity index (χ4n) is 4.33. The molecule has 184 valence electrons. The van der Waals surface area contributed by atoms with Crippen LogP contribution in [0.15, 0.2) is 41.1 Å². The number of methoxy groups -OCH3 is 1. The summed E-state index contributed by atoms with van der Waals surface area (Å²) in [5.41, 5.74) is 1.88. The van der Waals surface area contributed by atoms with Crippen LogP contribution in [0.4, 0.5) is 13.6 Å². The second kappa shape index (κ2) is 9.39. The number of hydrogen-bond donors (Lipinski definition) is 0. The Kier molecular flexibility index (Phi) is 6.12. The molecule has 11 heteroatoms. The number of fused-ring (bicyclic) bond motifs is 1. The molecule has 0 saturated carbocycles. The number of benzene rings is 1. The average molecular weight is 493 g/mol. The van der Waals surface area contributed by atoms with Gasteiger partial charge in [-0.05, 0) is 36.8 Å². The Morgan fingerprint density at radius 2 is 2.08 bits per heavy atom. The SMILES string of the molecule is COC(=O)N1CCOC(Cc2c(-c3c(F)cc(-c4ncc(C#N)o4)cc3F)nc3cc(C)ccn23)C1. The maximum Gasteiger partial charge on any atom is 0.409 e. The number of ether oxygens (including phenoxy) is 2. The van der Waals surface area contributed by atoms with Crippen molar-refractivity contribution < 1.29 is 27.5 Å². The third-order valence-electron chi connectivity index (χ3n) is 6.01. The molecule has 1 saturated heterocycles. The van der Waals surface area contributed by atoms with Crippen LogP contribution in [0.5, 0.6) is 0 Å². The molecule has 0 aliphatic carbocycles. The molecule has 4 heterocycles. The standard InChI is InChI=1S/C25H21F2N5O4/c1-14-3-4-32-20(10-16-13-31(5-6-35-16)25(33)34-2)23(30-21(32)7-14)22-18(26)8-15(9-19(22)27)24-29-12-17(11-28)36-24/h3-4,7-9,12,16H,5-6,10,13H2,1-2H3. The average Bonchev–Trinajstić information content (AvgIpc) is 3.48. The number of oxazole rings is 1. The van der Waals surface area contributed by atoms with Gasteiger partial charge in [-0.15, -0.1) is 0 Å². The number of nitriles is 1. The largest absolute Gasteiger partial charge is 0.453 e. The van der Waals surface area contributed by atoms with Gasteiger partial charge in [0, 0.05) is 24.7 Å². The van der Waals surface area contributed by atoms with E-state index < -0.39 is 23.8 Å². The first-order chi connectivity index (χ1) is 17.4. The normalized spacial score (nSPS) is 15.8. The number of rotatable bonds is 4. The predicted octanol–water partition coefficient (Wildman–Crippen LogP) is 4.12. The van der Waals surface area contributed by atoms with E-state index in [1.165, 1.54) is 18.2 Å². The van der Waals surface area contributed by atoms with Gasteiger partial charge in [0.25, 0.3) is 0 Å². The number of nitrogens with zero attached hydrogens (tertiary/aromatic N) is 5. The van der Waals surface area contributed by atoms with E-state index in [-0.39, 0.29) is 41.4 Å². The van der Waals surface area contributed by atoms with Crippen molar-refractivity contribution >= 4 is 11.7 Å². The minimum Gasteiger partial charge on any atom is -0.453 e. The van der Waals surface area contributed by atoms with E-state index in [0.717, 1.165) is 17.7 Å². The Morgan fingerprint density at radius 1 is 1.31 bits per heavy atom. The molecule has 1 aliphatic rings. The van der Waals surface area contributed by atoms with E-state index >= 15 is 8.78 Å². The monoisotopic (exact) mass is 493 g/mol. The van der Waals surface area contributed by atoms with Crippen molar-refractivity contribution in [3.05, 3.63) is 65.3 Å². The molecule has 1 aliphatic heterocycles. The lowest BCUT2D eigenvalue weighted by Crippen LogP contribution is -2.46. The topological polar surface area (TPSA) is 106 Å². The van der Waals surface area contributed by atoms with Crippen LogP contribution in [0.3, 0.4) is 0 Å². The third-order valence-corrected chi connectivity index (χ3v) is 6.01. The zero-order valence-electron chi connectivity index (χ0n) is 19.5. The lowest BCUT2D eigenvalue weighted by molar-refractivity contribution is -0.0241. The molecule has 1 amide bonds. The van der Waals surface area contributed by atoms with Crippen LogP contribution in [-0.4, -0.2) is 58.3 Å². The van der Waals surface area contributed by atoms with Gasteiger partial charge in [0.15, 0.2) is 0 Å². The van der Waals surface area contributed by atoms with Crippen molar-refractivity contribution in [1.82, 2.24) is 19.3 Å². The summed E-state index contributed by atoms with van der Waals surface area (Å²) in [6.07, 6.45) is 2.33. The summed E-state index contributed by atoms with van der Waals surface area (Å²) in [5, 5.41) is 8.93. The molecule has 0 bridgehead atoms. The number of morpholine rings is 1. The molecule has 1 atom stereocenters. The van der Waals surface area contributed by atoms with Crippen molar-refractivity contribution in [3.63, 3.8) is 0 Å². The number of carbonyl (C=O) groups excluding carboxylic acids is 1. The van der Waals surface area contributed by atoms with Crippen molar-refractivity contribution in [1.29, 1.82) is 5.26 Å². The first kappa shape index (κ1) is 23.4. The Labute approximate surface area is 204 Å². The van der Waals surface area contributed by atoms with E-state index in [1.807, 2.05) is 19.1 Å². The van der Waals surface area contributed by atoms with Gasteiger partial charge in [-0.25, -0.2) is 23.5 Å². The highest BCUT2D eigenvalue weighted by Gasteiger charge is 2.29. The Balaban J connectivity index is 1.58. The van der Waals surface area contributed by atoms with Crippen LogP contribution < -0.4 is 0 Å². The van der Waals surface area contributed by atoms with Crippen LogP contribution in [0.25, 0.3) is 28.4 Å². The number of aromatic nitrogens is 3. The van der Waals surface area contributed by atoms with Crippen LogP contribution in [0.2, 0.25) is 0 Å². The molecule has 1 aromatic carbocycles. The van der Waals surface area contributed by atoms with Gasteiger partial charge in [-0.1, -0.05) is 0 Å². The summed E-state index contributed by atoms with van der Waals surface area (Å²) < 4.78 is 48.5. The minimum atomic E-state index is -0.858. The summed E-state index contributed by atoms with van der Waals surface area (Å²) in [6, 6.07) is 7.67. The number of amides is 1. The molecule has 5 rings (SSSR count). The van der Waals surface area contributed by atoms with Gasteiger partial charge in [0.05, 0.1) is 49.5 Å². The van der Waals surface area contributed by atoms with Crippen LogP contribution in [-0.2, 0) is 15.9 Å². The second-order valence-electron chi connectivity index (χ2n) is 8.41. The number of halogens is 2. The van der Waals surface area contributed by atoms with E-state index in [4.69, 9.17) is 19.2 Å². The van der Waals surface area contributed by atoms with Crippen molar-refractivity contribution in [3.8, 4) is 28.8 Å². The maximum atomic E-state index is 15.4. The molecule has 1 unspecified atom stereocenters. The molecular weight excluding hydrogens is 472 g/mol. The Morgan fingerprint density at radius 3 is 2.78 bits per heavy atom. The summed E-state index contributed by atoms with van der Waals surface area (Å²) in [4.78, 5) is 22.0. The Hall–Kier alpha value is -4.30. The van der Waals surface area contributed by atoms with Crippen molar-refractivity contribution in [2.75, 3.05) is 26.8 Å². The molecule has 0 radical (unpaired) electrons. The van der Waals surface area contributed by atoms with Crippen LogP contribution in [0, 0.1) is 29.9 Å². The highest BCUT2D eigenvalue weighted by Crippen LogP contribution is 2.34. The lowest BCUT2D eigenvalue weighted by Gasteiger charge is -2.32. The zero-order valence-corrected chi connectivity index (χ0v) is 19.5. The van der Waals surface area contributed by atoms with E-state index in [2.05, 4.69) is 9.97 Å². The fourth-order valence-corrected chi connectivity index (χ4v) is 4.33. The number of imidazole rings is 1. The number of aryl methyl sites for hydroxylation is 1. The van der Waals surface area contributed by atoms with Gasteiger partial charge in [-0.2, -0.15) is 5.26 Å². The molecule has 3 aromatic heterocycles. The van der Waals surface area contributed by atoms with Crippen LogP contribution >= 0.6 is 0 Å². The number of pyridine rings is 1. The molecular formula is C25H21F2N5O4. The third kappa shape index (κ3) is 4.27. The quantitative estimate of drug-likeness (QED) is 0.421. The predicted molar refractivity (Wildman–Crippen MR) is 123 cm³/mol. The zero-order chi connectivity index (χ0) is 25.4. The maximum absolute atomic E-state index is 15.4. The first-order valence-electron chi connectivity index (χ1n) is 11.2. The first-order valence-corrected chi connectivity index (χ1v) is 11.2. The summed E-state index contributed by atoms with van der Waals surface area (Å²) >= 11 is 0. The number of hydrogen-bond acceptors (Lipinski definition) is 7. The second-order valence-corrected chi connectivity index (χ2v) is 8.41. The highest BCUT2D eigenvalue weighted by molar-refractivity contribution is 5.71. The lowest BCUT2D eigenvalue weighted by atomic mass is 10.0. The molecule has 1 fully saturated rings. The molecule has 36 heavy (non-hydrogen) atoms. The summed E-state index contributed by atoms with van der Waals surface area (Å²) in [6.45, 7) is 2.86. The molecule has 0 spiro atoms. The van der Waals surface area contributed by atoms with Crippen molar-refractivity contribution in [2.24, 2.45) is 0 Å². The highest BCUT2D eigenvalue weighted by atomic mass is 19.1. The van der Waals surface area contributed by atoms with E-state index in [0.29, 0.717) is 24.5 Å². The van der Waals surface area contributed by atoms with Crippen LogP contribution in [0.1, 0.15) is 17.0 Å². The smallest absolute Gasteiger partial charge is 0.409 e. The Bertz CT molecular complexity index is 1480.